The van der Waals surface area contributed by atoms with Gasteiger partial charge in [0.05, 0.1) is 0 Å². The van der Waals surface area contributed by atoms with Gasteiger partial charge in [0.2, 0.25) is 5.91 Å². The molecule has 1 aromatic rings. The van der Waals surface area contributed by atoms with Crippen molar-refractivity contribution in [3.8, 4) is 5.75 Å². The van der Waals surface area contributed by atoms with Crippen molar-refractivity contribution in [2.24, 2.45) is 5.92 Å². The summed E-state index contributed by atoms with van der Waals surface area (Å²) in [5.74, 6) is -2.53. The lowest BCUT2D eigenvalue weighted by molar-refractivity contribution is -0.144. The molecule has 0 heterocycles. The molecular formula is C13H16FNO4. The van der Waals surface area contributed by atoms with Gasteiger partial charge in [0, 0.05) is 17.7 Å². The number of hydrogen-bond acceptors (Lipinski definition) is 3. The minimum atomic E-state index is -1.18. The van der Waals surface area contributed by atoms with Gasteiger partial charge in [-0.25, -0.2) is 9.18 Å². The standard InChI is InChI=1S/C13H16FNO4/c1-7(2)12(16)15-9-4-5-11(10(14)6-9)19-8(3)13(17)18/h4-8H,1-3H3,(H,15,16)(H,17,18). The summed E-state index contributed by atoms with van der Waals surface area (Å²) < 4.78 is 18.6. The molecule has 0 fully saturated rings. The molecule has 0 aliphatic carbocycles. The van der Waals surface area contributed by atoms with Crippen LogP contribution in [0.15, 0.2) is 18.2 Å². The highest BCUT2D eigenvalue weighted by molar-refractivity contribution is 5.92. The maximum atomic E-state index is 13.7. The summed E-state index contributed by atoms with van der Waals surface area (Å²) in [5, 5.41) is 11.2. The summed E-state index contributed by atoms with van der Waals surface area (Å²) in [4.78, 5) is 22.0. The highest BCUT2D eigenvalue weighted by Crippen LogP contribution is 2.22. The Hall–Kier alpha value is -2.11. The largest absolute Gasteiger partial charge is 0.479 e. The number of anilines is 1. The number of carboxylic acid groups (broad SMARTS) is 1. The van der Waals surface area contributed by atoms with Crippen LogP contribution >= 0.6 is 0 Å². The second kappa shape index (κ2) is 6.17. The third kappa shape index (κ3) is 4.24. The van der Waals surface area contributed by atoms with Crippen molar-refractivity contribution in [2.75, 3.05) is 5.32 Å². The molecule has 0 aliphatic heterocycles. The van der Waals surface area contributed by atoms with Gasteiger partial charge in [0.1, 0.15) is 0 Å². The van der Waals surface area contributed by atoms with E-state index in [1.165, 1.54) is 19.1 Å². The number of ether oxygens (including phenoxy) is 1. The van der Waals surface area contributed by atoms with E-state index in [1.807, 2.05) is 0 Å². The smallest absolute Gasteiger partial charge is 0.344 e. The van der Waals surface area contributed by atoms with Gasteiger partial charge in [0.25, 0.3) is 0 Å². The Kier molecular flexibility index (Phi) is 4.86. The van der Waals surface area contributed by atoms with Crippen molar-refractivity contribution in [1.82, 2.24) is 0 Å². The first-order valence-electron chi connectivity index (χ1n) is 5.81. The van der Waals surface area contributed by atoms with Crippen molar-refractivity contribution in [3.63, 3.8) is 0 Å². The molecule has 5 nitrogen and oxygen atoms in total. The van der Waals surface area contributed by atoms with Crippen molar-refractivity contribution in [2.45, 2.75) is 26.9 Å². The number of aliphatic carboxylic acids is 1. The lowest BCUT2D eigenvalue weighted by Gasteiger charge is -2.13. The van der Waals surface area contributed by atoms with Crippen molar-refractivity contribution in [3.05, 3.63) is 24.0 Å². The first kappa shape index (κ1) is 14.9. The molecule has 6 heteroatoms. The summed E-state index contributed by atoms with van der Waals surface area (Å²) in [5.41, 5.74) is 0.298. The number of carboxylic acids is 1. The number of halogens is 1. The fourth-order valence-corrected chi connectivity index (χ4v) is 1.20. The SMILES string of the molecule is CC(C)C(=O)Nc1ccc(OC(C)C(=O)O)c(F)c1. The lowest BCUT2D eigenvalue weighted by Crippen LogP contribution is -2.23. The van der Waals surface area contributed by atoms with Crippen LogP contribution < -0.4 is 10.1 Å². The molecule has 0 saturated carbocycles. The molecule has 0 bridgehead atoms. The number of nitrogens with one attached hydrogen (secondary N) is 1. The predicted molar refractivity (Wildman–Crippen MR) is 67.6 cm³/mol. The molecule has 1 rings (SSSR count). The van der Waals surface area contributed by atoms with Crippen LogP contribution in [0.25, 0.3) is 0 Å². The minimum Gasteiger partial charge on any atom is -0.479 e. The third-order valence-corrected chi connectivity index (χ3v) is 2.38. The van der Waals surface area contributed by atoms with Crippen LogP contribution in [0.3, 0.4) is 0 Å². The maximum absolute atomic E-state index is 13.7. The molecule has 1 aromatic carbocycles. The van der Waals surface area contributed by atoms with Gasteiger partial charge in [-0.2, -0.15) is 0 Å². The van der Waals surface area contributed by atoms with E-state index in [4.69, 9.17) is 9.84 Å². The van der Waals surface area contributed by atoms with Crippen LogP contribution in [0.4, 0.5) is 10.1 Å². The topological polar surface area (TPSA) is 75.6 Å². The number of carbonyl (C=O) groups is 2. The van der Waals surface area contributed by atoms with Crippen LogP contribution in [0.1, 0.15) is 20.8 Å². The quantitative estimate of drug-likeness (QED) is 0.859. The molecule has 19 heavy (non-hydrogen) atoms. The zero-order chi connectivity index (χ0) is 14.6. The van der Waals surface area contributed by atoms with E-state index in [2.05, 4.69) is 5.32 Å². The molecule has 0 aliphatic rings. The molecule has 1 amide bonds. The van der Waals surface area contributed by atoms with Crippen LogP contribution in [0.2, 0.25) is 0 Å². The Bertz CT molecular complexity index is 488. The summed E-state index contributed by atoms with van der Waals surface area (Å²) in [6, 6.07) is 3.82. The van der Waals surface area contributed by atoms with Crippen molar-refractivity contribution < 1.29 is 23.8 Å². The van der Waals surface area contributed by atoms with E-state index in [1.54, 1.807) is 13.8 Å². The summed E-state index contributed by atoms with van der Waals surface area (Å²) in [6.45, 7) is 4.74. The van der Waals surface area contributed by atoms with E-state index >= 15 is 0 Å². The zero-order valence-corrected chi connectivity index (χ0v) is 10.9. The Balaban J connectivity index is 2.80. The maximum Gasteiger partial charge on any atom is 0.344 e. The molecule has 0 saturated heterocycles. The number of hydrogen-bond donors (Lipinski definition) is 2. The van der Waals surface area contributed by atoms with Crippen molar-refractivity contribution >= 4 is 17.6 Å². The van der Waals surface area contributed by atoms with Gasteiger partial charge in [-0.3, -0.25) is 4.79 Å². The number of carbonyl (C=O) groups excluding carboxylic acids is 1. The van der Waals surface area contributed by atoms with E-state index in [0.29, 0.717) is 5.69 Å². The monoisotopic (exact) mass is 269 g/mol. The van der Waals surface area contributed by atoms with E-state index in [9.17, 15) is 14.0 Å². The van der Waals surface area contributed by atoms with Crippen LogP contribution in [0, 0.1) is 11.7 Å². The fourth-order valence-electron chi connectivity index (χ4n) is 1.20. The highest BCUT2D eigenvalue weighted by Gasteiger charge is 2.16. The predicted octanol–water partition coefficient (Wildman–Crippen LogP) is 2.27. The highest BCUT2D eigenvalue weighted by atomic mass is 19.1. The Morgan fingerprint density at radius 3 is 2.42 bits per heavy atom. The summed E-state index contributed by atoms with van der Waals surface area (Å²) >= 11 is 0. The zero-order valence-electron chi connectivity index (χ0n) is 10.9. The number of rotatable bonds is 5. The Morgan fingerprint density at radius 2 is 1.95 bits per heavy atom. The minimum absolute atomic E-state index is 0.169. The van der Waals surface area contributed by atoms with Crippen LogP contribution in [-0.4, -0.2) is 23.1 Å². The lowest BCUT2D eigenvalue weighted by atomic mass is 10.2. The second-order valence-corrected chi connectivity index (χ2v) is 4.39. The van der Waals surface area contributed by atoms with Gasteiger partial charge in [-0.05, 0) is 19.1 Å². The van der Waals surface area contributed by atoms with Crippen LogP contribution in [0.5, 0.6) is 5.75 Å². The van der Waals surface area contributed by atoms with Gasteiger partial charge < -0.3 is 15.2 Å². The second-order valence-electron chi connectivity index (χ2n) is 4.39. The fraction of sp³-hybridized carbons (Fsp3) is 0.385. The molecule has 1 unspecified atom stereocenters. The van der Waals surface area contributed by atoms with E-state index < -0.39 is 17.9 Å². The molecule has 0 radical (unpaired) electrons. The van der Waals surface area contributed by atoms with Gasteiger partial charge >= 0.3 is 5.97 Å². The molecule has 0 aromatic heterocycles. The van der Waals surface area contributed by atoms with Gasteiger partial charge in [-0.1, -0.05) is 13.8 Å². The van der Waals surface area contributed by atoms with Crippen molar-refractivity contribution in [1.29, 1.82) is 0 Å². The van der Waals surface area contributed by atoms with Gasteiger partial charge in [0.15, 0.2) is 17.7 Å². The van der Waals surface area contributed by atoms with E-state index in [-0.39, 0.29) is 17.6 Å². The molecule has 104 valence electrons. The first-order chi connectivity index (χ1) is 8.81. The number of benzene rings is 1. The van der Waals surface area contributed by atoms with E-state index in [0.717, 1.165) is 6.07 Å². The molecular weight excluding hydrogens is 253 g/mol. The Labute approximate surface area is 110 Å². The average Bonchev–Trinajstić information content (AvgIpc) is 2.32. The summed E-state index contributed by atoms with van der Waals surface area (Å²) in [6.07, 6.45) is -1.15. The third-order valence-electron chi connectivity index (χ3n) is 2.38. The van der Waals surface area contributed by atoms with Gasteiger partial charge in [-0.15, -0.1) is 0 Å². The normalized spacial score (nSPS) is 12.1. The first-order valence-corrected chi connectivity index (χ1v) is 5.81. The molecule has 1 atom stereocenters. The summed E-state index contributed by atoms with van der Waals surface area (Å²) in [7, 11) is 0. The molecule has 0 spiro atoms. The Morgan fingerprint density at radius 1 is 1.32 bits per heavy atom. The average molecular weight is 269 g/mol. The van der Waals surface area contributed by atoms with Crippen LogP contribution in [-0.2, 0) is 9.59 Å². The molecule has 2 N–H and O–H groups in total. The number of amides is 1.